The van der Waals surface area contributed by atoms with E-state index >= 15 is 0 Å². The number of hydrogen-bond acceptors (Lipinski definition) is 2. The second kappa shape index (κ2) is 5.24. The Kier molecular flexibility index (Phi) is 3.65. The Bertz CT molecular complexity index is 686. The van der Waals surface area contributed by atoms with Crippen molar-refractivity contribution in [2.75, 3.05) is 11.1 Å². The number of carbonyl (C=O) groups is 1. The Labute approximate surface area is 113 Å². The summed E-state index contributed by atoms with van der Waals surface area (Å²) in [6, 6.07) is 5.63. The first-order chi connectivity index (χ1) is 9.40. The summed E-state index contributed by atoms with van der Waals surface area (Å²) in [5.41, 5.74) is 4.78. The minimum absolute atomic E-state index is 0.162. The summed E-state index contributed by atoms with van der Waals surface area (Å²) < 4.78 is 40.8. The molecule has 0 aliphatic heterocycles. The molecule has 0 atom stereocenters. The van der Waals surface area contributed by atoms with Gasteiger partial charge in [0, 0.05) is 5.69 Å². The molecule has 0 fully saturated rings. The first-order valence-electron chi connectivity index (χ1n) is 5.71. The lowest BCUT2D eigenvalue weighted by Crippen LogP contribution is -2.16. The first-order valence-corrected chi connectivity index (χ1v) is 5.71. The van der Waals surface area contributed by atoms with Crippen molar-refractivity contribution in [1.29, 1.82) is 0 Å². The molecule has 3 N–H and O–H groups in total. The zero-order chi connectivity index (χ0) is 14.9. The summed E-state index contributed by atoms with van der Waals surface area (Å²) in [4.78, 5) is 11.9. The lowest BCUT2D eigenvalue weighted by atomic mass is 10.1. The number of aryl methyl sites for hydroxylation is 1. The first kappa shape index (κ1) is 13.9. The minimum Gasteiger partial charge on any atom is -0.399 e. The molecule has 3 nitrogen and oxygen atoms in total. The maximum absolute atomic E-state index is 13.7. The number of halogens is 3. The summed E-state index contributed by atoms with van der Waals surface area (Å²) in [5, 5.41) is 2.02. The number of anilines is 2. The Morgan fingerprint density at radius 3 is 2.45 bits per heavy atom. The van der Waals surface area contributed by atoms with Gasteiger partial charge in [0.05, 0.1) is 5.56 Å². The van der Waals surface area contributed by atoms with Crippen LogP contribution < -0.4 is 11.1 Å². The third-order valence-corrected chi connectivity index (χ3v) is 2.76. The predicted molar refractivity (Wildman–Crippen MR) is 69.9 cm³/mol. The van der Waals surface area contributed by atoms with Crippen molar-refractivity contribution in [2.45, 2.75) is 6.92 Å². The van der Waals surface area contributed by atoms with Gasteiger partial charge in [-0.1, -0.05) is 6.07 Å². The molecule has 0 aliphatic rings. The fourth-order valence-corrected chi connectivity index (χ4v) is 1.67. The van der Waals surface area contributed by atoms with Crippen molar-refractivity contribution in [2.24, 2.45) is 0 Å². The molecule has 1 amide bonds. The number of rotatable bonds is 2. The van der Waals surface area contributed by atoms with Crippen LogP contribution in [0.2, 0.25) is 0 Å². The minimum atomic E-state index is -0.974. The lowest BCUT2D eigenvalue weighted by Gasteiger charge is -2.10. The van der Waals surface area contributed by atoms with Gasteiger partial charge in [-0.2, -0.15) is 0 Å². The number of nitrogens with two attached hydrogens (primary N) is 1. The summed E-state index contributed by atoms with van der Waals surface area (Å²) in [5.74, 6) is -3.64. The Hall–Kier alpha value is -2.50. The quantitative estimate of drug-likeness (QED) is 0.830. The third-order valence-electron chi connectivity index (χ3n) is 2.76. The van der Waals surface area contributed by atoms with E-state index in [1.54, 1.807) is 0 Å². The van der Waals surface area contributed by atoms with Crippen LogP contribution in [0, 0.1) is 24.4 Å². The van der Waals surface area contributed by atoms with Gasteiger partial charge in [-0.25, -0.2) is 13.2 Å². The van der Waals surface area contributed by atoms with Gasteiger partial charge in [0.25, 0.3) is 5.91 Å². The number of carbonyl (C=O) groups excluding carboxylic acids is 1. The van der Waals surface area contributed by atoms with E-state index in [-0.39, 0.29) is 16.8 Å². The smallest absolute Gasteiger partial charge is 0.258 e. The van der Waals surface area contributed by atoms with E-state index in [1.807, 2.05) is 5.32 Å². The molecular weight excluding hydrogens is 269 g/mol. The number of benzene rings is 2. The largest absolute Gasteiger partial charge is 0.399 e. The highest BCUT2D eigenvalue weighted by molar-refractivity contribution is 6.05. The summed E-state index contributed by atoms with van der Waals surface area (Å²) in [6.45, 7) is 1.42. The fraction of sp³-hybridized carbons (Fsp3) is 0.0714. The fourth-order valence-electron chi connectivity index (χ4n) is 1.67. The standard InChI is InChI=1S/C14H11F3N2O/c1-7-2-4-11(16)13(12(7)17)19-14(20)9-6-8(18)3-5-10(9)15/h2-6H,18H2,1H3,(H,19,20). The van der Waals surface area contributed by atoms with Crippen LogP contribution in [-0.4, -0.2) is 5.91 Å². The number of hydrogen-bond donors (Lipinski definition) is 2. The van der Waals surface area contributed by atoms with E-state index in [1.165, 1.54) is 19.1 Å². The summed E-state index contributed by atoms with van der Waals surface area (Å²) >= 11 is 0. The van der Waals surface area contributed by atoms with Crippen LogP contribution in [0.4, 0.5) is 24.5 Å². The van der Waals surface area contributed by atoms with Gasteiger partial charge in [-0.05, 0) is 36.8 Å². The normalized spacial score (nSPS) is 10.4. The highest BCUT2D eigenvalue weighted by atomic mass is 19.1. The Balaban J connectivity index is 2.38. The highest BCUT2D eigenvalue weighted by Crippen LogP contribution is 2.23. The Morgan fingerprint density at radius 1 is 1.10 bits per heavy atom. The average Bonchev–Trinajstić information content (AvgIpc) is 2.41. The van der Waals surface area contributed by atoms with Crippen molar-refractivity contribution < 1.29 is 18.0 Å². The van der Waals surface area contributed by atoms with Gasteiger partial charge < -0.3 is 11.1 Å². The van der Waals surface area contributed by atoms with E-state index < -0.39 is 29.0 Å². The molecule has 0 bridgehead atoms. The summed E-state index contributed by atoms with van der Waals surface area (Å²) in [6.07, 6.45) is 0. The SMILES string of the molecule is Cc1ccc(F)c(NC(=O)c2cc(N)ccc2F)c1F. The third kappa shape index (κ3) is 2.59. The zero-order valence-electron chi connectivity index (χ0n) is 10.5. The molecule has 0 saturated heterocycles. The van der Waals surface area contributed by atoms with Crippen LogP contribution in [0.25, 0.3) is 0 Å². The molecule has 0 heterocycles. The maximum Gasteiger partial charge on any atom is 0.258 e. The predicted octanol–water partition coefficient (Wildman–Crippen LogP) is 3.25. The molecule has 6 heteroatoms. The van der Waals surface area contributed by atoms with Gasteiger partial charge in [0.15, 0.2) is 5.82 Å². The molecule has 2 rings (SSSR count). The van der Waals surface area contributed by atoms with Crippen LogP contribution in [0.3, 0.4) is 0 Å². The Morgan fingerprint density at radius 2 is 1.75 bits per heavy atom. The maximum atomic E-state index is 13.7. The molecule has 0 radical (unpaired) electrons. The molecule has 0 unspecified atom stereocenters. The van der Waals surface area contributed by atoms with Gasteiger partial charge in [0.1, 0.15) is 17.3 Å². The van der Waals surface area contributed by atoms with Gasteiger partial charge in [-0.3, -0.25) is 4.79 Å². The molecule has 104 valence electrons. The molecule has 2 aromatic carbocycles. The zero-order valence-corrected chi connectivity index (χ0v) is 10.5. The summed E-state index contributed by atoms with van der Waals surface area (Å²) in [7, 11) is 0. The molecule has 0 saturated carbocycles. The number of nitrogen functional groups attached to an aromatic ring is 1. The van der Waals surface area contributed by atoms with Crippen LogP contribution in [0.1, 0.15) is 15.9 Å². The number of nitrogens with one attached hydrogen (secondary N) is 1. The van der Waals surface area contributed by atoms with Crippen LogP contribution in [0.15, 0.2) is 30.3 Å². The topological polar surface area (TPSA) is 55.1 Å². The van der Waals surface area contributed by atoms with Crippen LogP contribution in [0.5, 0.6) is 0 Å². The average molecular weight is 280 g/mol. The molecule has 2 aromatic rings. The molecule has 0 aliphatic carbocycles. The molecular formula is C14H11F3N2O. The van der Waals surface area contributed by atoms with E-state index in [0.717, 1.165) is 18.2 Å². The van der Waals surface area contributed by atoms with E-state index in [9.17, 15) is 18.0 Å². The van der Waals surface area contributed by atoms with Crippen molar-refractivity contribution in [3.05, 3.63) is 58.9 Å². The van der Waals surface area contributed by atoms with Crippen molar-refractivity contribution >= 4 is 17.3 Å². The van der Waals surface area contributed by atoms with Crippen molar-refractivity contribution in [1.82, 2.24) is 0 Å². The molecule has 0 aromatic heterocycles. The molecule has 20 heavy (non-hydrogen) atoms. The van der Waals surface area contributed by atoms with Crippen LogP contribution in [-0.2, 0) is 0 Å². The van der Waals surface area contributed by atoms with Crippen molar-refractivity contribution in [3.8, 4) is 0 Å². The van der Waals surface area contributed by atoms with Gasteiger partial charge in [-0.15, -0.1) is 0 Å². The molecule has 0 spiro atoms. The van der Waals surface area contributed by atoms with Crippen molar-refractivity contribution in [3.63, 3.8) is 0 Å². The monoisotopic (exact) mass is 280 g/mol. The second-order valence-corrected chi connectivity index (χ2v) is 4.25. The van der Waals surface area contributed by atoms with Gasteiger partial charge >= 0.3 is 0 Å². The number of amides is 1. The van der Waals surface area contributed by atoms with Gasteiger partial charge in [0.2, 0.25) is 0 Å². The van der Waals surface area contributed by atoms with E-state index in [4.69, 9.17) is 5.73 Å². The van der Waals surface area contributed by atoms with E-state index in [2.05, 4.69) is 0 Å². The van der Waals surface area contributed by atoms with E-state index in [0.29, 0.717) is 0 Å². The lowest BCUT2D eigenvalue weighted by molar-refractivity contribution is 0.102. The highest BCUT2D eigenvalue weighted by Gasteiger charge is 2.18. The van der Waals surface area contributed by atoms with Crippen LogP contribution >= 0.6 is 0 Å². The second-order valence-electron chi connectivity index (χ2n) is 4.25.